The third kappa shape index (κ3) is 5.28. The zero-order valence-corrected chi connectivity index (χ0v) is 12.7. The minimum atomic E-state index is -0.956. The molecule has 0 aliphatic carbocycles. The Morgan fingerprint density at radius 1 is 1.30 bits per heavy atom. The molecule has 0 bridgehead atoms. The quantitative estimate of drug-likeness (QED) is 0.799. The fourth-order valence-corrected chi connectivity index (χ4v) is 1.87. The minimum Gasteiger partial charge on any atom is -0.493 e. The summed E-state index contributed by atoms with van der Waals surface area (Å²) in [7, 11) is 0. The molecule has 1 aliphatic rings. The van der Waals surface area contributed by atoms with Gasteiger partial charge in [0.1, 0.15) is 25.3 Å². The van der Waals surface area contributed by atoms with E-state index in [0.29, 0.717) is 19.6 Å². The number of ether oxygens (including phenoxy) is 3. The molecule has 2 rings (SSSR count). The molecule has 7 heteroatoms. The third-order valence-corrected chi connectivity index (χ3v) is 3.13. The van der Waals surface area contributed by atoms with Crippen LogP contribution >= 0.6 is 0 Å². The molecule has 1 aliphatic heterocycles. The predicted octanol–water partition coefficient (Wildman–Crippen LogP) is 1.30. The molecule has 0 aromatic heterocycles. The Kier molecular flexibility index (Phi) is 5.96. The second kappa shape index (κ2) is 8.17. The fraction of sp³-hybridized carbons (Fsp3) is 0.375. The first-order valence-electron chi connectivity index (χ1n) is 7.24. The molecular weight excluding hydrogens is 305 g/mol. The van der Waals surface area contributed by atoms with E-state index in [-0.39, 0.29) is 18.2 Å². The summed E-state index contributed by atoms with van der Waals surface area (Å²) >= 11 is 0. The van der Waals surface area contributed by atoms with Crippen molar-refractivity contribution in [2.75, 3.05) is 19.8 Å². The summed E-state index contributed by atoms with van der Waals surface area (Å²) in [6, 6.07) is 6.03. The summed E-state index contributed by atoms with van der Waals surface area (Å²) in [4.78, 5) is 23.6. The monoisotopic (exact) mass is 323 g/mol. The number of carbonyl (C=O) groups excluding carboxylic acids is 2. The van der Waals surface area contributed by atoms with Crippen molar-refractivity contribution >= 4 is 11.9 Å². The Balaban J connectivity index is 1.73. The van der Waals surface area contributed by atoms with Gasteiger partial charge in [0.15, 0.2) is 6.10 Å². The van der Waals surface area contributed by atoms with Gasteiger partial charge in [-0.25, -0.2) is 9.18 Å². The average molecular weight is 323 g/mol. The van der Waals surface area contributed by atoms with Gasteiger partial charge in [-0.1, -0.05) is 12.1 Å². The van der Waals surface area contributed by atoms with Crippen LogP contribution in [0.5, 0.6) is 0 Å². The van der Waals surface area contributed by atoms with E-state index in [1.165, 1.54) is 25.3 Å². The van der Waals surface area contributed by atoms with Crippen LogP contribution in [-0.4, -0.2) is 37.7 Å². The standard InChI is InChI=1S/C16H18FNO5/c1-11(23-16(20)14-10-21-8-9-22-14)15(19)18-7-6-12-2-4-13(17)5-3-12/h2-5,10-11H,6-9H2,1H3,(H,18,19)/t11-/m1/s1. The molecule has 0 fully saturated rings. The Bertz CT molecular complexity index is 585. The van der Waals surface area contributed by atoms with E-state index in [1.54, 1.807) is 12.1 Å². The van der Waals surface area contributed by atoms with Crippen molar-refractivity contribution in [3.05, 3.63) is 47.7 Å². The highest BCUT2D eigenvalue weighted by molar-refractivity contribution is 5.89. The maximum absolute atomic E-state index is 12.8. The SMILES string of the molecule is C[C@@H](OC(=O)C1=COCCO1)C(=O)NCCc1ccc(F)cc1. The van der Waals surface area contributed by atoms with E-state index in [9.17, 15) is 14.0 Å². The lowest BCUT2D eigenvalue weighted by Gasteiger charge is -2.17. The summed E-state index contributed by atoms with van der Waals surface area (Å²) in [5.74, 6) is -1.52. The van der Waals surface area contributed by atoms with Crippen LogP contribution in [0.2, 0.25) is 0 Å². The number of amides is 1. The van der Waals surface area contributed by atoms with Crippen molar-refractivity contribution < 1.29 is 28.2 Å². The largest absolute Gasteiger partial charge is 0.493 e. The van der Waals surface area contributed by atoms with Crippen LogP contribution in [0.4, 0.5) is 4.39 Å². The van der Waals surface area contributed by atoms with Crippen LogP contribution < -0.4 is 5.32 Å². The Morgan fingerprint density at radius 2 is 2.04 bits per heavy atom. The molecule has 0 unspecified atom stereocenters. The van der Waals surface area contributed by atoms with E-state index >= 15 is 0 Å². The van der Waals surface area contributed by atoms with E-state index in [0.717, 1.165) is 5.56 Å². The number of carbonyl (C=O) groups is 2. The van der Waals surface area contributed by atoms with Gasteiger partial charge in [-0.15, -0.1) is 0 Å². The summed E-state index contributed by atoms with van der Waals surface area (Å²) in [5.41, 5.74) is 0.897. The van der Waals surface area contributed by atoms with Gasteiger partial charge in [0, 0.05) is 6.54 Å². The van der Waals surface area contributed by atoms with Crippen molar-refractivity contribution in [1.82, 2.24) is 5.32 Å². The first kappa shape index (κ1) is 16.8. The Hall–Kier alpha value is -2.57. The van der Waals surface area contributed by atoms with E-state index in [2.05, 4.69) is 5.32 Å². The van der Waals surface area contributed by atoms with E-state index < -0.39 is 18.0 Å². The highest BCUT2D eigenvalue weighted by Crippen LogP contribution is 2.08. The highest BCUT2D eigenvalue weighted by Gasteiger charge is 2.22. The topological polar surface area (TPSA) is 73.9 Å². The summed E-state index contributed by atoms with van der Waals surface area (Å²) < 4.78 is 27.8. The number of hydrogen-bond acceptors (Lipinski definition) is 5. The maximum Gasteiger partial charge on any atom is 0.377 e. The molecule has 0 spiro atoms. The molecule has 6 nitrogen and oxygen atoms in total. The van der Waals surface area contributed by atoms with Crippen molar-refractivity contribution in [3.8, 4) is 0 Å². The number of rotatable bonds is 6. The van der Waals surface area contributed by atoms with E-state index in [1.807, 2.05) is 0 Å². The van der Waals surface area contributed by atoms with Crippen LogP contribution in [-0.2, 0) is 30.2 Å². The smallest absolute Gasteiger partial charge is 0.377 e. The van der Waals surface area contributed by atoms with Gasteiger partial charge in [0.2, 0.25) is 5.76 Å². The van der Waals surface area contributed by atoms with Gasteiger partial charge >= 0.3 is 5.97 Å². The van der Waals surface area contributed by atoms with Gasteiger partial charge in [-0.3, -0.25) is 4.79 Å². The summed E-state index contributed by atoms with van der Waals surface area (Å²) in [5, 5.41) is 2.65. The highest BCUT2D eigenvalue weighted by atomic mass is 19.1. The zero-order chi connectivity index (χ0) is 16.7. The van der Waals surface area contributed by atoms with Gasteiger partial charge < -0.3 is 19.5 Å². The zero-order valence-electron chi connectivity index (χ0n) is 12.7. The molecule has 1 heterocycles. The minimum absolute atomic E-state index is 0.0535. The summed E-state index contributed by atoms with van der Waals surface area (Å²) in [6.45, 7) is 2.46. The van der Waals surface area contributed by atoms with Gasteiger partial charge in [0.05, 0.1) is 0 Å². The van der Waals surface area contributed by atoms with Crippen LogP contribution in [0.15, 0.2) is 36.3 Å². The van der Waals surface area contributed by atoms with E-state index in [4.69, 9.17) is 14.2 Å². The molecule has 124 valence electrons. The number of esters is 1. The van der Waals surface area contributed by atoms with Crippen LogP contribution in [0.1, 0.15) is 12.5 Å². The fourth-order valence-electron chi connectivity index (χ4n) is 1.87. The molecule has 1 aromatic rings. The normalized spacial score (nSPS) is 14.8. The molecule has 1 atom stereocenters. The second-order valence-electron chi connectivity index (χ2n) is 4.92. The number of halogens is 1. The third-order valence-electron chi connectivity index (χ3n) is 3.13. The van der Waals surface area contributed by atoms with Crippen molar-refractivity contribution in [2.24, 2.45) is 0 Å². The average Bonchev–Trinajstić information content (AvgIpc) is 2.57. The molecule has 0 radical (unpaired) electrons. The van der Waals surface area contributed by atoms with Gasteiger partial charge in [-0.05, 0) is 31.0 Å². The van der Waals surface area contributed by atoms with Crippen molar-refractivity contribution in [1.29, 1.82) is 0 Å². The van der Waals surface area contributed by atoms with Gasteiger partial charge in [-0.2, -0.15) is 0 Å². The number of benzene rings is 1. The van der Waals surface area contributed by atoms with Crippen LogP contribution in [0.25, 0.3) is 0 Å². The molecule has 1 aromatic carbocycles. The van der Waals surface area contributed by atoms with Crippen molar-refractivity contribution in [2.45, 2.75) is 19.4 Å². The van der Waals surface area contributed by atoms with Crippen molar-refractivity contribution in [3.63, 3.8) is 0 Å². The molecule has 1 N–H and O–H groups in total. The molecule has 23 heavy (non-hydrogen) atoms. The second-order valence-corrected chi connectivity index (χ2v) is 4.92. The maximum atomic E-state index is 12.8. The molecule has 1 amide bonds. The summed E-state index contributed by atoms with van der Waals surface area (Å²) in [6.07, 6.45) is 0.766. The van der Waals surface area contributed by atoms with Gasteiger partial charge in [0.25, 0.3) is 5.91 Å². The number of hydrogen-bond donors (Lipinski definition) is 1. The van der Waals surface area contributed by atoms with Crippen LogP contribution in [0, 0.1) is 5.82 Å². The molecule has 0 saturated heterocycles. The first-order valence-corrected chi connectivity index (χ1v) is 7.24. The lowest BCUT2D eigenvalue weighted by Crippen LogP contribution is -2.37. The Labute approximate surface area is 133 Å². The lowest BCUT2D eigenvalue weighted by atomic mass is 10.1. The Morgan fingerprint density at radius 3 is 2.70 bits per heavy atom. The lowest BCUT2D eigenvalue weighted by molar-refractivity contribution is -0.155. The number of nitrogens with one attached hydrogen (secondary N) is 1. The van der Waals surface area contributed by atoms with Crippen LogP contribution in [0.3, 0.4) is 0 Å². The molecule has 0 saturated carbocycles. The predicted molar refractivity (Wildman–Crippen MR) is 78.7 cm³/mol. The first-order chi connectivity index (χ1) is 11.1. The molecular formula is C16H18FNO5.